The van der Waals surface area contributed by atoms with E-state index in [0.29, 0.717) is 5.69 Å². The summed E-state index contributed by atoms with van der Waals surface area (Å²) in [6, 6.07) is 6.83. The number of aromatic nitrogens is 1. The van der Waals surface area contributed by atoms with E-state index < -0.39 is 22.3 Å². The molecule has 1 aromatic carbocycles. The Labute approximate surface area is 114 Å². The highest BCUT2D eigenvalue weighted by Crippen LogP contribution is 2.26. The molecule has 7 heteroatoms. The monoisotopic (exact) mass is 273 g/mol. The van der Waals surface area contributed by atoms with Gasteiger partial charge < -0.3 is 10.4 Å². The van der Waals surface area contributed by atoms with Crippen LogP contribution in [0, 0.1) is 17.0 Å². The summed E-state index contributed by atoms with van der Waals surface area (Å²) < 4.78 is 0. The van der Waals surface area contributed by atoms with Crippen LogP contribution in [0.2, 0.25) is 0 Å². The summed E-state index contributed by atoms with van der Waals surface area (Å²) in [5, 5.41) is 22.6. The maximum Gasteiger partial charge on any atom is 0.310 e. The summed E-state index contributed by atoms with van der Waals surface area (Å²) in [5.74, 6) is -1.04. The third kappa shape index (κ3) is 2.89. The molecule has 0 aliphatic rings. The summed E-state index contributed by atoms with van der Waals surface area (Å²) in [7, 11) is 0. The third-order valence-corrected chi connectivity index (χ3v) is 2.60. The summed E-state index contributed by atoms with van der Waals surface area (Å²) in [4.78, 5) is 25.8. The number of aromatic hydroxyl groups is 1. The Morgan fingerprint density at radius 2 is 2.10 bits per heavy atom. The summed E-state index contributed by atoms with van der Waals surface area (Å²) >= 11 is 0. The van der Waals surface area contributed by atoms with E-state index in [9.17, 15) is 20.0 Å². The van der Waals surface area contributed by atoms with Crippen molar-refractivity contribution in [1.82, 2.24) is 4.98 Å². The fourth-order valence-electron chi connectivity index (χ4n) is 1.56. The van der Waals surface area contributed by atoms with Gasteiger partial charge in [-0.1, -0.05) is 0 Å². The number of nitro groups is 1. The smallest absolute Gasteiger partial charge is 0.310 e. The number of amides is 1. The van der Waals surface area contributed by atoms with Gasteiger partial charge in [0.25, 0.3) is 5.91 Å². The van der Waals surface area contributed by atoms with Gasteiger partial charge in [-0.15, -0.1) is 0 Å². The van der Waals surface area contributed by atoms with Gasteiger partial charge in [-0.2, -0.15) is 0 Å². The Kier molecular flexibility index (Phi) is 3.60. The van der Waals surface area contributed by atoms with Crippen LogP contribution >= 0.6 is 0 Å². The normalized spacial score (nSPS) is 10.1. The molecule has 20 heavy (non-hydrogen) atoms. The topological polar surface area (TPSA) is 105 Å². The molecular weight excluding hydrogens is 262 g/mol. The van der Waals surface area contributed by atoms with Gasteiger partial charge in [-0.3, -0.25) is 19.9 Å². The van der Waals surface area contributed by atoms with Crippen LogP contribution < -0.4 is 5.32 Å². The largest absolute Gasteiger partial charge is 0.502 e. The van der Waals surface area contributed by atoms with E-state index in [1.807, 2.05) is 6.92 Å². The molecular formula is C13H11N3O4. The molecule has 2 N–H and O–H groups in total. The third-order valence-electron chi connectivity index (χ3n) is 2.60. The second kappa shape index (κ2) is 5.35. The lowest BCUT2D eigenvalue weighted by atomic mass is 10.1. The average Bonchev–Trinajstić information content (AvgIpc) is 2.40. The summed E-state index contributed by atoms with van der Waals surface area (Å²) in [6.45, 7) is 1.82. The predicted molar refractivity (Wildman–Crippen MR) is 71.7 cm³/mol. The van der Waals surface area contributed by atoms with Gasteiger partial charge in [-0.05, 0) is 31.2 Å². The van der Waals surface area contributed by atoms with Gasteiger partial charge in [0.1, 0.15) is 0 Å². The molecule has 0 aliphatic heterocycles. The van der Waals surface area contributed by atoms with Crippen molar-refractivity contribution in [3.05, 3.63) is 57.9 Å². The minimum absolute atomic E-state index is 0.119. The Balaban J connectivity index is 2.19. The van der Waals surface area contributed by atoms with Crippen molar-refractivity contribution in [2.75, 3.05) is 5.32 Å². The number of benzene rings is 1. The number of pyridine rings is 1. The lowest BCUT2D eigenvalue weighted by molar-refractivity contribution is -0.385. The number of phenols is 1. The molecule has 2 aromatic rings. The first-order valence-electron chi connectivity index (χ1n) is 5.69. The average molecular weight is 273 g/mol. The Hall–Kier alpha value is -2.96. The van der Waals surface area contributed by atoms with Gasteiger partial charge in [0.2, 0.25) is 0 Å². The second-order valence-electron chi connectivity index (χ2n) is 4.10. The molecule has 102 valence electrons. The first-order chi connectivity index (χ1) is 9.47. The number of anilines is 1. The maximum absolute atomic E-state index is 11.9. The molecule has 0 unspecified atom stereocenters. The molecule has 0 fully saturated rings. The van der Waals surface area contributed by atoms with Gasteiger partial charge in [-0.25, -0.2) is 0 Å². The van der Waals surface area contributed by atoms with Crippen LogP contribution in [0.15, 0.2) is 36.5 Å². The molecule has 0 radical (unpaired) electrons. The van der Waals surface area contributed by atoms with E-state index >= 15 is 0 Å². The zero-order valence-corrected chi connectivity index (χ0v) is 10.5. The van der Waals surface area contributed by atoms with E-state index in [0.717, 1.165) is 17.8 Å². The van der Waals surface area contributed by atoms with Gasteiger partial charge in [0, 0.05) is 17.3 Å². The minimum atomic E-state index is -0.721. The summed E-state index contributed by atoms with van der Waals surface area (Å²) in [6.07, 6.45) is 1.50. The van der Waals surface area contributed by atoms with Gasteiger partial charge in [0.05, 0.1) is 16.8 Å². The Morgan fingerprint density at radius 3 is 2.65 bits per heavy atom. The highest BCUT2D eigenvalue weighted by atomic mass is 16.6. The molecule has 2 rings (SSSR count). The predicted octanol–water partition coefficient (Wildman–Crippen LogP) is 2.26. The molecule has 0 bridgehead atoms. The van der Waals surface area contributed by atoms with E-state index in [2.05, 4.69) is 10.3 Å². The first kappa shape index (κ1) is 13.5. The standard InChI is InChI=1S/C13H11N3O4/c1-8-2-4-10(7-14-8)15-13(18)9-3-5-11(16(19)20)12(17)6-9/h2-7,17H,1H3,(H,15,18). The van der Waals surface area contributed by atoms with Gasteiger partial charge >= 0.3 is 5.69 Å². The van der Waals surface area contributed by atoms with Crippen LogP contribution in [-0.2, 0) is 0 Å². The number of phenolic OH excluding ortho intramolecular Hbond substituents is 1. The lowest BCUT2D eigenvalue weighted by Crippen LogP contribution is -2.12. The number of nitrogens with one attached hydrogen (secondary N) is 1. The number of hydrogen-bond acceptors (Lipinski definition) is 5. The van der Waals surface area contributed by atoms with Gasteiger partial charge in [0.15, 0.2) is 5.75 Å². The molecule has 1 amide bonds. The number of carbonyl (C=O) groups excluding carboxylic acids is 1. The number of nitrogens with zero attached hydrogens (tertiary/aromatic N) is 2. The van der Waals surface area contributed by atoms with Crippen LogP contribution in [-0.4, -0.2) is 20.9 Å². The number of aryl methyl sites for hydroxylation is 1. The number of hydrogen-bond donors (Lipinski definition) is 2. The van der Waals surface area contributed by atoms with Crippen molar-refractivity contribution in [3.8, 4) is 5.75 Å². The van der Waals surface area contributed by atoms with Crippen molar-refractivity contribution in [1.29, 1.82) is 0 Å². The molecule has 0 saturated heterocycles. The molecule has 0 aliphatic carbocycles. The van der Waals surface area contributed by atoms with E-state index in [1.54, 1.807) is 12.1 Å². The van der Waals surface area contributed by atoms with E-state index in [4.69, 9.17) is 0 Å². The van der Waals surface area contributed by atoms with Crippen molar-refractivity contribution >= 4 is 17.3 Å². The fourth-order valence-corrected chi connectivity index (χ4v) is 1.56. The molecule has 1 aromatic heterocycles. The van der Waals surface area contributed by atoms with Crippen molar-refractivity contribution in [3.63, 3.8) is 0 Å². The zero-order valence-electron chi connectivity index (χ0n) is 10.5. The van der Waals surface area contributed by atoms with Crippen LogP contribution in [0.4, 0.5) is 11.4 Å². The number of rotatable bonds is 3. The van der Waals surface area contributed by atoms with Crippen LogP contribution in [0.3, 0.4) is 0 Å². The quantitative estimate of drug-likeness (QED) is 0.659. The molecule has 0 spiro atoms. The van der Waals surface area contributed by atoms with E-state index in [1.165, 1.54) is 12.3 Å². The number of carbonyl (C=O) groups is 1. The fraction of sp³-hybridized carbons (Fsp3) is 0.0769. The first-order valence-corrected chi connectivity index (χ1v) is 5.69. The van der Waals surface area contributed by atoms with E-state index in [-0.39, 0.29) is 5.56 Å². The van der Waals surface area contributed by atoms with Crippen molar-refractivity contribution in [2.45, 2.75) is 6.92 Å². The van der Waals surface area contributed by atoms with Crippen molar-refractivity contribution in [2.24, 2.45) is 0 Å². The van der Waals surface area contributed by atoms with Crippen molar-refractivity contribution < 1.29 is 14.8 Å². The molecule has 0 atom stereocenters. The molecule has 1 heterocycles. The molecule has 0 saturated carbocycles. The van der Waals surface area contributed by atoms with Crippen LogP contribution in [0.25, 0.3) is 0 Å². The highest BCUT2D eigenvalue weighted by molar-refractivity contribution is 6.04. The SMILES string of the molecule is Cc1ccc(NC(=O)c2ccc([N+](=O)[O-])c(O)c2)cn1. The minimum Gasteiger partial charge on any atom is -0.502 e. The number of nitro benzene ring substituents is 1. The maximum atomic E-state index is 11.9. The zero-order chi connectivity index (χ0) is 14.7. The summed E-state index contributed by atoms with van der Waals surface area (Å²) in [5.41, 5.74) is 0.988. The van der Waals surface area contributed by atoms with Crippen LogP contribution in [0.5, 0.6) is 5.75 Å². The second-order valence-corrected chi connectivity index (χ2v) is 4.10. The molecule has 7 nitrogen and oxygen atoms in total. The Bertz CT molecular complexity index is 668. The Morgan fingerprint density at radius 1 is 1.35 bits per heavy atom. The highest BCUT2D eigenvalue weighted by Gasteiger charge is 2.16. The van der Waals surface area contributed by atoms with Crippen LogP contribution in [0.1, 0.15) is 16.1 Å². The lowest BCUT2D eigenvalue weighted by Gasteiger charge is -2.05.